The van der Waals surface area contributed by atoms with E-state index in [0.29, 0.717) is 13.2 Å². The Labute approximate surface area is 196 Å². The molecule has 2 fully saturated rings. The first kappa shape index (κ1) is 25.4. The van der Waals surface area contributed by atoms with Gasteiger partial charge < -0.3 is 25.0 Å². The molecular formula is C25H39N3O5. The Kier molecular flexibility index (Phi) is 9.09. The highest BCUT2D eigenvalue weighted by atomic mass is 16.5. The number of hydrogen-bond acceptors (Lipinski definition) is 5. The smallest absolute Gasteiger partial charge is 0.256 e. The van der Waals surface area contributed by atoms with Crippen LogP contribution in [0, 0.1) is 5.41 Å². The Morgan fingerprint density at radius 1 is 1.03 bits per heavy atom. The first-order chi connectivity index (χ1) is 15.8. The molecule has 1 saturated carbocycles. The van der Waals surface area contributed by atoms with Crippen molar-refractivity contribution >= 4 is 11.8 Å². The Hall–Kier alpha value is -2.19. The third-order valence-electron chi connectivity index (χ3n) is 6.60. The summed E-state index contributed by atoms with van der Waals surface area (Å²) in [5, 5.41) is 15.2. The summed E-state index contributed by atoms with van der Waals surface area (Å²) in [5.74, 6) is -0.958. The number of carbonyl (C=O) groups excluding carboxylic acids is 2. The van der Waals surface area contributed by atoms with Crippen molar-refractivity contribution < 1.29 is 19.4 Å². The summed E-state index contributed by atoms with van der Waals surface area (Å²) in [7, 11) is 0. The van der Waals surface area contributed by atoms with Crippen LogP contribution in [0.3, 0.4) is 0 Å². The van der Waals surface area contributed by atoms with Gasteiger partial charge in [-0.15, -0.1) is 0 Å². The first-order valence-corrected chi connectivity index (χ1v) is 12.3. The number of ether oxygens (including phenoxy) is 1. The van der Waals surface area contributed by atoms with Crippen LogP contribution in [-0.4, -0.2) is 53.4 Å². The molecule has 33 heavy (non-hydrogen) atoms. The summed E-state index contributed by atoms with van der Waals surface area (Å²) in [6.45, 7) is 4.94. The second-order valence-corrected chi connectivity index (χ2v) is 10.3. The number of nitrogens with zero attached hydrogens (tertiary/aromatic N) is 1. The van der Waals surface area contributed by atoms with Crippen LogP contribution >= 0.6 is 0 Å². The zero-order chi connectivity index (χ0) is 23.8. The topological polar surface area (TPSA) is 110 Å². The van der Waals surface area contributed by atoms with Crippen LogP contribution in [0.4, 0.5) is 0 Å². The highest BCUT2D eigenvalue weighted by Crippen LogP contribution is 2.18. The van der Waals surface area contributed by atoms with Gasteiger partial charge in [0.05, 0.1) is 6.10 Å². The van der Waals surface area contributed by atoms with Gasteiger partial charge in [-0.2, -0.15) is 0 Å². The molecule has 1 aliphatic carbocycles. The average Bonchev–Trinajstić information content (AvgIpc) is 3.28. The third-order valence-corrected chi connectivity index (χ3v) is 6.60. The normalized spacial score (nSPS) is 20.2. The molecule has 1 aromatic heterocycles. The molecule has 0 unspecified atom stereocenters. The van der Waals surface area contributed by atoms with Crippen LogP contribution in [0.15, 0.2) is 17.2 Å². The van der Waals surface area contributed by atoms with E-state index in [9.17, 15) is 19.5 Å². The van der Waals surface area contributed by atoms with Crippen LogP contribution in [0.25, 0.3) is 0 Å². The Bertz CT molecular complexity index is 865. The third kappa shape index (κ3) is 7.40. The lowest BCUT2D eigenvalue weighted by Crippen LogP contribution is -2.41. The first-order valence-electron chi connectivity index (χ1n) is 12.3. The summed E-state index contributed by atoms with van der Waals surface area (Å²) in [4.78, 5) is 39.2. The van der Waals surface area contributed by atoms with Crippen LogP contribution < -0.4 is 16.1 Å². The zero-order valence-corrected chi connectivity index (χ0v) is 20.0. The van der Waals surface area contributed by atoms with Gasteiger partial charge in [-0.25, -0.2) is 0 Å². The van der Waals surface area contributed by atoms with E-state index in [-0.39, 0.29) is 36.4 Å². The van der Waals surface area contributed by atoms with Gasteiger partial charge in [-0.3, -0.25) is 14.4 Å². The van der Waals surface area contributed by atoms with E-state index in [2.05, 4.69) is 10.6 Å². The van der Waals surface area contributed by atoms with Crippen molar-refractivity contribution in [3.8, 4) is 0 Å². The summed E-state index contributed by atoms with van der Waals surface area (Å²) in [6.07, 6.45) is 12.5. The molecule has 0 radical (unpaired) electrons. The maximum atomic E-state index is 13.2. The number of rotatable bonds is 8. The summed E-state index contributed by atoms with van der Waals surface area (Å²) < 4.78 is 7.45. The van der Waals surface area contributed by atoms with Crippen LogP contribution in [0.5, 0.6) is 0 Å². The number of amides is 2. The fourth-order valence-corrected chi connectivity index (χ4v) is 4.42. The molecule has 1 aromatic rings. The van der Waals surface area contributed by atoms with Crippen molar-refractivity contribution in [1.29, 1.82) is 0 Å². The largest absolute Gasteiger partial charge is 0.396 e. The molecule has 1 atom stereocenters. The lowest BCUT2D eigenvalue weighted by Gasteiger charge is -2.23. The lowest BCUT2D eigenvalue weighted by molar-refractivity contribution is 0.0898. The zero-order valence-electron chi connectivity index (χ0n) is 20.0. The predicted octanol–water partition coefficient (Wildman–Crippen LogP) is 2.62. The number of carbonyl (C=O) groups is 2. The summed E-state index contributed by atoms with van der Waals surface area (Å²) in [6, 6.07) is 0.0478. The molecule has 0 spiro atoms. The molecule has 1 saturated heterocycles. The predicted molar refractivity (Wildman–Crippen MR) is 126 cm³/mol. The van der Waals surface area contributed by atoms with E-state index in [1.165, 1.54) is 25.5 Å². The maximum Gasteiger partial charge on any atom is 0.256 e. The fourth-order valence-electron chi connectivity index (χ4n) is 4.42. The Balaban J connectivity index is 1.83. The van der Waals surface area contributed by atoms with Crippen molar-refractivity contribution in [3.63, 3.8) is 0 Å². The molecule has 2 amide bonds. The van der Waals surface area contributed by atoms with Crippen molar-refractivity contribution in [1.82, 2.24) is 15.2 Å². The van der Waals surface area contributed by atoms with Gasteiger partial charge in [0.1, 0.15) is 11.1 Å². The summed E-state index contributed by atoms with van der Waals surface area (Å²) >= 11 is 0. The van der Waals surface area contributed by atoms with Gasteiger partial charge in [0.15, 0.2) is 0 Å². The standard InChI is InChI=1S/C25H39N3O5/c1-25(2,17-29)16-26-23(31)20-14-28(13-19-11-8-12-33-19)15-21(22(20)30)24(32)27-18-9-6-4-3-5-7-10-18/h14-15,18-19,29H,3-13,16-17H2,1-2H3,(H,26,31)(H,27,32)/t19-/m0/s1. The second kappa shape index (κ2) is 11.8. The molecule has 8 nitrogen and oxygen atoms in total. The average molecular weight is 462 g/mol. The Morgan fingerprint density at radius 3 is 2.27 bits per heavy atom. The molecule has 2 heterocycles. The van der Waals surface area contributed by atoms with E-state index in [4.69, 9.17) is 4.74 Å². The van der Waals surface area contributed by atoms with Crippen molar-refractivity contribution in [2.75, 3.05) is 19.8 Å². The number of hydrogen-bond donors (Lipinski definition) is 3. The molecule has 2 aliphatic rings. The molecule has 3 rings (SSSR count). The van der Waals surface area contributed by atoms with E-state index in [1.807, 2.05) is 13.8 Å². The van der Waals surface area contributed by atoms with Crippen molar-refractivity contribution in [3.05, 3.63) is 33.7 Å². The minimum Gasteiger partial charge on any atom is -0.396 e. The lowest BCUT2D eigenvalue weighted by atomic mass is 9.95. The van der Waals surface area contributed by atoms with E-state index in [0.717, 1.165) is 38.5 Å². The highest BCUT2D eigenvalue weighted by molar-refractivity contribution is 5.99. The molecule has 0 bridgehead atoms. The molecule has 1 aliphatic heterocycles. The van der Waals surface area contributed by atoms with Crippen LogP contribution in [0.1, 0.15) is 92.4 Å². The van der Waals surface area contributed by atoms with Crippen LogP contribution in [-0.2, 0) is 11.3 Å². The number of aromatic nitrogens is 1. The molecule has 0 aromatic carbocycles. The van der Waals surface area contributed by atoms with Gasteiger partial charge >= 0.3 is 0 Å². The molecule has 8 heteroatoms. The number of pyridine rings is 1. The minimum absolute atomic E-state index is 0.00162. The van der Waals surface area contributed by atoms with Gasteiger partial charge in [-0.1, -0.05) is 46.0 Å². The fraction of sp³-hybridized carbons (Fsp3) is 0.720. The van der Waals surface area contributed by atoms with Gasteiger partial charge in [0.2, 0.25) is 5.43 Å². The van der Waals surface area contributed by atoms with E-state index >= 15 is 0 Å². The van der Waals surface area contributed by atoms with Crippen molar-refractivity contribution in [2.24, 2.45) is 5.41 Å². The second-order valence-electron chi connectivity index (χ2n) is 10.3. The molecule has 184 valence electrons. The number of nitrogens with one attached hydrogen (secondary N) is 2. The highest BCUT2D eigenvalue weighted by Gasteiger charge is 2.25. The number of aliphatic hydroxyl groups is 1. The SMILES string of the molecule is CC(C)(CO)CNC(=O)c1cn(C[C@@H]2CCCO2)cc(C(=O)NC2CCCCCCC2)c1=O. The Morgan fingerprint density at radius 2 is 1.67 bits per heavy atom. The van der Waals surface area contributed by atoms with Gasteiger partial charge in [-0.05, 0) is 25.7 Å². The maximum absolute atomic E-state index is 13.2. The number of aliphatic hydroxyl groups excluding tert-OH is 1. The quantitative estimate of drug-likeness (QED) is 0.551. The van der Waals surface area contributed by atoms with E-state index < -0.39 is 22.7 Å². The van der Waals surface area contributed by atoms with E-state index in [1.54, 1.807) is 10.8 Å². The van der Waals surface area contributed by atoms with Crippen LogP contribution in [0.2, 0.25) is 0 Å². The van der Waals surface area contributed by atoms with Crippen molar-refractivity contribution in [2.45, 2.75) is 90.3 Å². The van der Waals surface area contributed by atoms with Gasteiger partial charge in [0.25, 0.3) is 11.8 Å². The molecular weight excluding hydrogens is 422 g/mol. The monoisotopic (exact) mass is 461 g/mol. The minimum atomic E-state index is -0.568. The van der Waals surface area contributed by atoms with Gasteiger partial charge in [0, 0.05) is 50.2 Å². The molecule has 3 N–H and O–H groups in total. The summed E-state index contributed by atoms with van der Waals surface area (Å²) in [5.41, 5.74) is -1.16.